The zero-order valence-electron chi connectivity index (χ0n) is 13.9. The van der Waals surface area contributed by atoms with Crippen LogP contribution in [-0.4, -0.2) is 34.9 Å². The number of aryl methyl sites for hydroxylation is 2. The van der Waals surface area contributed by atoms with Gasteiger partial charge in [0.2, 0.25) is 5.91 Å². The molecule has 0 aliphatic heterocycles. The zero-order chi connectivity index (χ0) is 17.0. The van der Waals surface area contributed by atoms with Gasteiger partial charge in [0.1, 0.15) is 11.9 Å². The molecule has 0 spiro atoms. The van der Waals surface area contributed by atoms with Crippen molar-refractivity contribution in [2.24, 2.45) is 0 Å². The third kappa shape index (κ3) is 4.26. The van der Waals surface area contributed by atoms with Gasteiger partial charge in [-0.25, -0.2) is 4.98 Å². The van der Waals surface area contributed by atoms with E-state index in [1.165, 1.54) is 6.07 Å². The van der Waals surface area contributed by atoms with Gasteiger partial charge in [0.05, 0.1) is 12.2 Å². The van der Waals surface area contributed by atoms with Crippen LogP contribution >= 0.6 is 0 Å². The lowest BCUT2D eigenvalue weighted by Crippen LogP contribution is -2.37. The summed E-state index contributed by atoms with van der Waals surface area (Å²) < 4.78 is 0. The third-order valence-electron chi connectivity index (χ3n) is 3.60. The van der Waals surface area contributed by atoms with E-state index in [9.17, 15) is 9.59 Å². The van der Waals surface area contributed by atoms with Gasteiger partial charge in [0.15, 0.2) is 0 Å². The van der Waals surface area contributed by atoms with Crippen molar-refractivity contribution in [3.63, 3.8) is 0 Å². The van der Waals surface area contributed by atoms with E-state index in [2.05, 4.69) is 15.3 Å². The van der Waals surface area contributed by atoms with Crippen molar-refractivity contribution in [2.45, 2.75) is 26.4 Å². The molecule has 0 bridgehead atoms. The highest BCUT2D eigenvalue weighted by molar-refractivity contribution is 5.83. The Morgan fingerprint density at radius 1 is 1.30 bits per heavy atom. The Hall–Kier alpha value is -2.47. The summed E-state index contributed by atoms with van der Waals surface area (Å²) in [7, 11) is 3.73. The molecule has 0 aliphatic rings. The molecule has 0 radical (unpaired) electrons. The van der Waals surface area contributed by atoms with Gasteiger partial charge >= 0.3 is 0 Å². The van der Waals surface area contributed by atoms with Crippen LogP contribution in [0.5, 0.6) is 0 Å². The molecule has 1 aromatic carbocycles. The van der Waals surface area contributed by atoms with E-state index in [1.54, 1.807) is 6.92 Å². The van der Waals surface area contributed by atoms with E-state index in [-0.39, 0.29) is 24.1 Å². The van der Waals surface area contributed by atoms with Crippen LogP contribution in [0.15, 0.2) is 35.1 Å². The quantitative estimate of drug-likeness (QED) is 0.872. The summed E-state index contributed by atoms with van der Waals surface area (Å²) in [5.41, 5.74) is 2.35. The second kappa shape index (κ2) is 7.19. The van der Waals surface area contributed by atoms with Gasteiger partial charge in [0.25, 0.3) is 5.56 Å². The third-order valence-corrected chi connectivity index (χ3v) is 3.60. The Kier molecular flexibility index (Phi) is 5.28. The van der Waals surface area contributed by atoms with E-state index >= 15 is 0 Å². The SMILES string of the molecule is Cc1nc(CNC(=O)[C@@H](c2ccccc2C)N(C)C)cc(=O)[nH]1. The van der Waals surface area contributed by atoms with E-state index in [4.69, 9.17) is 0 Å². The largest absolute Gasteiger partial charge is 0.349 e. The number of likely N-dealkylation sites (N-methyl/N-ethyl adjacent to an activating group) is 1. The lowest BCUT2D eigenvalue weighted by atomic mass is 10.00. The highest BCUT2D eigenvalue weighted by atomic mass is 16.2. The number of carbonyl (C=O) groups excluding carboxylic acids is 1. The topological polar surface area (TPSA) is 78.1 Å². The number of hydrogen-bond donors (Lipinski definition) is 2. The zero-order valence-corrected chi connectivity index (χ0v) is 13.9. The molecule has 0 fully saturated rings. The van der Waals surface area contributed by atoms with Crippen LogP contribution < -0.4 is 10.9 Å². The Morgan fingerprint density at radius 2 is 2.00 bits per heavy atom. The van der Waals surface area contributed by atoms with Gasteiger partial charge in [-0.1, -0.05) is 24.3 Å². The molecule has 2 N–H and O–H groups in total. The summed E-state index contributed by atoms with van der Waals surface area (Å²) >= 11 is 0. The standard InChI is InChI=1S/C17H22N4O2/c1-11-7-5-6-8-14(11)16(21(3)4)17(23)18-10-13-9-15(22)20-12(2)19-13/h5-9,16H,10H2,1-4H3,(H,18,23)(H,19,20,22)/t16-/m1/s1. The fraction of sp³-hybridized carbons (Fsp3) is 0.353. The van der Waals surface area contributed by atoms with Crippen LogP contribution in [0, 0.1) is 13.8 Å². The first kappa shape index (κ1) is 16.9. The Morgan fingerprint density at radius 3 is 2.61 bits per heavy atom. The maximum Gasteiger partial charge on any atom is 0.251 e. The molecule has 0 saturated heterocycles. The van der Waals surface area contributed by atoms with Crippen molar-refractivity contribution in [3.05, 3.63) is 63.3 Å². The predicted molar refractivity (Wildman–Crippen MR) is 89.0 cm³/mol. The summed E-state index contributed by atoms with van der Waals surface area (Å²) in [6.07, 6.45) is 0. The monoisotopic (exact) mass is 314 g/mol. The van der Waals surface area contributed by atoms with Crippen LogP contribution in [0.25, 0.3) is 0 Å². The van der Waals surface area contributed by atoms with Crippen molar-refractivity contribution in [1.82, 2.24) is 20.2 Å². The van der Waals surface area contributed by atoms with Crippen molar-refractivity contribution in [1.29, 1.82) is 0 Å². The Labute approximate surface area is 135 Å². The minimum Gasteiger partial charge on any atom is -0.349 e. The molecule has 1 heterocycles. The fourth-order valence-electron chi connectivity index (χ4n) is 2.55. The maximum atomic E-state index is 12.6. The Balaban J connectivity index is 2.16. The van der Waals surface area contributed by atoms with Crippen LogP contribution in [0.2, 0.25) is 0 Å². The molecule has 1 amide bonds. The number of carbonyl (C=O) groups is 1. The smallest absolute Gasteiger partial charge is 0.251 e. The number of amides is 1. The average molecular weight is 314 g/mol. The van der Waals surface area contributed by atoms with E-state index in [1.807, 2.05) is 50.2 Å². The molecule has 2 aromatic rings. The van der Waals surface area contributed by atoms with Gasteiger partial charge in [0, 0.05) is 6.07 Å². The van der Waals surface area contributed by atoms with Gasteiger partial charge in [-0.15, -0.1) is 0 Å². The van der Waals surface area contributed by atoms with Gasteiger partial charge in [-0.3, -0.25) is 14.5 Å². The molecule has 2 rings (SSSR count). The number of aromatic amines is 1. The van der Waals surface area contributed by atoms with Crippen molar-refractivity contribution in [2.75, 3.05) is 14.1 Å². The highest BCUT2D eigenvalue weighted by Gasteiger charge is 2.24. The van der Waals surface area contributed by atoms with Gasteiger partial charge in [-0.05, 0) is 39.1 Å². The summed E-state index contributed by atoms with van der Waals surface area (Å²) in [6, 6.07) is 8.82. The molecule has 0 unspecified atom stereocenters. The van der Waals surface area contributed by atoms with Crippen molar-refractivity contribution in [3.8, 4) is 0 Å². The number of rotatable bonds is 5. The lowest BCUT2D eigenvalue weighted by Gasteiger charge is -2.25. The molecule has 1 aromatic heterocycles. The highest BCUT2D eigenvalue weighted by Crippen LogP contribution is 2.21. The number of hydrogen-bond acceptors (Lipinski definition) is 4. The van der Waals surface area contributed by atoms with Crippen LogP contribution in [0.1, 0.15) is 28.7 Å². The number of nitrogens with zero attached hydrogens (tertiary/aromatic N) is 2. The second-order valence-corrected chi connectivity index (χ2v) is 5.76. The molecular weight excluding hydrogens is 292 g/mol. The number of aromatic nitrogens is 2. The number of H-pyrrole nitrogens is 1. The Bertz CT molecular complexity index is 752. The molecule has 1 atom stereocenters. The molecule has 6 heteroatoms. The number of nitrogens with one attached hydrogen (secondary N) is 2. The average Bonchev–Trinajstić information content (AvgIpc) is 2.46. The molecule has 6 nitrogen and oxygen atoms in total. The minimum absolute atomic E-state index is 0.121. The summed E-state index contributed by atoms with van der Waals surface area (Å²) in [5, 5.41) is 2.86. The first-order chi connectivity index (χ1) is 10.9. The summed E-state index contributed by atoms with van der Waals surface area (Å²) in [4.78, 5) is 32.7. The molecular formula is C17H22N4O2. The van der Waals surface area contributed by atoms with Gasteiger partial charge in [-0.2, -0.15) is 0 Å². The minimum atomic E-state index is -0.390. The van der Waals surface area contributed by atoms with E-state index in [0.29, 0.717) is 11.5 Å². The summed E-state index contributed by atoms with van der Waals surface area (Å²) in [5.74, 6) is 0.411. The normalized spacial score (nSPS) is 12.2. The maximum absolute atomic E-state index is 12.6. The predicted octanol–water partition coefficient (Wildman–Crippen LogP) is 1.31. The number of benzene rings is 1. The fourth-order valence-corrected chi connectivity index (χ4v) is 2.55. The lowest BCUT2D eigenvalue weighted by molar-refractivity contribution is -0.126. The molecule has 0 aliphatic carbocycles. The van der Waals surface area contributed by atoms with E-state index < -0.39 is 0 Å². The van der Waals surface area contributed by atoms with Gasteiger partial charge < -0.3 is 10.3 Å². The first-order valence-electron chi connectivity index (χ1n) is 7.45. The summed E-state index contributed by atoms with van der Waals surface area (Å²) in [6.45, 7) is 3.92. The molecule has 0 saturated carbocycles. The van der Waals surface area contributed by atoms with Crippen LogP contribution in [-0.2, 0) is 11.3 Å². The second-order valence-electron chi connectivity index (χ2n) is 5.76. The molecule has 122 valence electrons. The van der Waals surface area contributed by atoms with Crippen molar-refractivity contribution >= 4 is 5.91 Å². The first-order valence-corrected chi connectivity index (χ1v) is 7.45. The van der Waals surface area contributed by atoms with E-state index in [0.717, 1.165) is 11.1 Å². The molecule has 23 heavy (non-hydrogen) atoms. The van der Waals surface area contributed by atoms with Crippen LogP contribution in [0.4, 0.5) is 0 Å². The van der Waals surface area contributed by atoms with Crippen LogP contribution in [0.3, 0.4) is 0 Å². The van der Waals surface area contributed by atoms with Crippen molar-refractivity contribution < 1.29 is 4.79 Å².